The molecule has 0 saturated carbocycles. The van der Waals surface area contributed by atoms with E-state index in [9.17, 15) is 5.11 Å². The molecule has 0 atom stereocenters. The van der Waals surface area contributed by atoms with Crippen LogP contribution >= 0.6 is 0 Å². The highest BCUT2D eigenvalue weighted by Crippen LogP contribution is 2.08. The molecular formula is C10H20O. The van der Waals surface area contributed by atoms with Gasteiger partial charge in [0.2, 0.25) is 0 Å². The molecule has 0 amide bonds. The third-order valence-corrected chi connectivity index (χ3v) is 0.217. The minimum Gasteiger partial charge on any atom is -0.391 e. The Morgan fingerprint density at radius 1 is 1.18 bits per heavy atom. The molecule has 0 aromatic carbocycles. The first kappa shape index (κ1) is 1.36. The van der Waals surface area contributed by atoms with E-state index in [4.69, 9.17) is 31.1 Å². The van der Waals surface area contributed by atoms with E-state index in [2.05, 4.69) is 0 Å². The van der Waals surface area contributed by atoms with Crippen molar-refractivity contribution in [2.24, 2.45) is 5.41 Å². The summed E-state index contributed by atoms with van der Waals surface area (Å²) >= 11 is 0. The fraction of sp³-hybridized carbons (Fsp3) is 0.800. The van der Waals surface area contributed by atoms with Gasteiger partial charge >= 0.3 is 0 Å². The summed E-state index contributed by atoms with van der Waals surface area (Å²) in [7, 11) is 0. The van der Waals surface area contributed by atoms with Gasteiger partial charge < -0.3 is 5.11 Å². The average molecular weight is 174 g/mol. The van der Waals surface area contributed by atoms with Crippen molar-refractivity contribution in [3.05, 3.63) is 0 Å². The average Bonchev–Trinajstić information content (AvgIpc) is 2.29. The predicted molar refractivity (Wildman–Crippen MR) is 50.3 cm³/mol. The Balaban J connectivity index is 0. The number of rotatable bonds is 0. The fourth-order valence-corrected chi connectivity index (χ4v) is 0. The van der Waals surface area contributed by atoms with Crippen LogP contribution in [0.25, 0.3) is 0 Å². The van der Waals surface area contributed by atoms with Gasteiger partial charge in [0.25, 0.3) is 0 Å². The molecule has 1 N–H and O–H groups in total. The molecule has 0 bridgehead atoms. The van der Waals surface area contributed by atoms with Crippen LogP contribution in [-0.2, 0) is 0 Å². The van der Waals surface area contributed by atoms with Gasteiger partial charge in [-0.05, 0) is 41.1 Å². The molecule has 1 heteroatoms. The van der Waals surface area contributed by atoms with Gasteiger partial charge in [-0.2, -0.15) is 0 Å². The Morgan fingerprint density at radius 2 is 1.64 bits per heavy atom. The maximum atomic E-state index is 9.33. The van der Waals surface area contributed by atoms with E-state index in [-0.39, 0.29) is 0 Å². The molecule has 0 saturated heterocycles. The third kappa shape index (κ3) is 84.8. The van der Waals surface area contributed by atoms with Gasteiger partial charge in [0, 0.05) is 30.1 Å². The molecule has 0 rings (SSSR count). The summed E-state index contributed by atoms with van der Waals surface area (Å²) in [6, 6.07) is 0. The van der Waals surface area contributed by atoms with Gasteiger partial charge in [-0.3, -0.25) is 0 Å². The van der Waals surface area contributed by atoms with E-state index in [1.165, 1.54) is 5.92 Å². The quantitative estimate of drug-likeness (QED) is 0.559. The Bertz CT molecular complexity index is 511. The monoisotopic (exact) mass is 174 g/mol. The summed E-state index contributed by atoms with van der Waals surface area (Å²) in [6.45, 7) is -20.3. The molecule has 0 aromatic rings. The van der Waals surface area contributed by atoms with Crippen molar-refractivity contribution in [3.8, 4) is 12.3 Å². The predicted octanol–water partition coefficient (Wildman–Crippen LogP) is 2.44. The normalized spacial score (nSPS) is 42.2. The van der Waals surface area contributed by atoms with Crippen LogP contribution in [0.3, 0.4) is 0 Å². The molecule has 0 heterocycles. The van der Waals surface area contributed by atoms with Crippen LogP contribution in [0.1, 0.15) is 65.8 Å². The number of hydrogen-bond acceptors (Lipinski definition) is 1. The summed E-state index contributed by atoms with van der Waals surface area (Å²) < 4.78 is 124. The Hall–Kier alpha value is -0.480. The number of aliphatic hydroxyl groups is 1. The highest BCUT2D eigenvalue weighted by molar-refractivity contribution is 4.96. The summed E-state index contributed by atoms with van der Waals surface area (Å²) in [5.74, 6) is 1.45. The van der Waals surface area contributed by atoms with Crippen molar-refractivity contribution >= 4 is 0 Å². The molecule has 66 valence electrons. The zero-order valence-electron chi connectivity index (χ0n) is 23.5. The van der Waals surface area contributed by atoms with Gasteiger partial charge in [-0.15, -0.1) is 12.3 Å². The summed E-state index contributed by atoms with van der Waals surface area (Å²) in [5.41, 5.74) is -6.81. The smallest absolute Gasteiger partial charge is 0.0563 e. The molecule has 0 aliphatic rings. The lowest BCUT2D eigenvalue weighted by Gasteiger charge is -2.04. The largest absolute Gasteiger partial charge is 0.391 e. The minimum atomic E-state index is -3.69. The van der Waals surface area contributed by atoms with Crippen LogP contribution in [-0.4, -0.2) is 10.7 Å². The van der Waals surface area contributed by atoms with Crippen molar-refractivity contribution in [1.29, 1.82) is 0 Å². The Kier molecular flexibility index (Phi) is 0.543. The molecule has 1 nitrogen and oxygen atoms in total. The summed E-state index contributed by atoms with van der Waals surface area (Å²) in [4.78, 5) is 0. The molecule has 0 unspecified atom stereocenters. The van der Waals surface area contributed by atoms with E-state index < -0.39 is 52.1 Å². The Labute approximate surface area is 96.1 Å². The first-order valence-corrected chi connectivity index (χ1v) is 2.26. The topological polar surface area (TPSA) is 20.2 Å². The lowest BCUT2D eigenvalue weighted by atomic mass is 9.99. The van der Waals surface area contributed by atoms with Crippen LogP contribution in [0.2, 0.25) is 0 Å². The highest BCUT2D eigenvalue weighted by atomic mass is 16.3. The van der Waals surface area contributed by atoms with E-state index in [1.54, 1.807) is 0 Å². The molecule has 0 radical (unpaired) electrons. The molecule has 0 aliphatic carbocycles. The number of hydrogen-bond donors (Lipinski definition) is 1. The van der Waals surface area contributed by atoms with E-state index >= 15 is 0 Å². The van der Waals surface area contributed by atoms with Gasteiger partial charge in [-0.25, -0.2) is 0 Å². The maximum Gasteiger partial charge on any atom is 0.0563 e. The van der Waals surface area contributed by atoms with Crippen molar-refractivity contribution in [1.82, 2.24) is 0 Å². The Morgan fingerprint density at radius 3 is 1.64 bits per heavy atom. The first-order valence-electron chi connectivity index (χ1n) is 11.3. The first-order chi connectivity index (χ1) is 12.1. The van der Waals surface area contributed by atoms with Crippen LogP contribution in [0, 0.1) is 17.8 Å². The zero-order valence-corrected chi connectivity index (χ0v) is 5.52. The minimum absolute atomic E-state index is 1.45. The van der Waals surface area contributed by atoms with Gasteiger partial charge in [-0.1, -0.05) is 0 Å². The van der Waals surface area contributed by atoms with Gasteiger partial charge in [0.15, 0.2) is 0 Å². The molecule has 0 fully saturated rings. The van der Waals surface area contributed by atoms with Crippen LogP contribution in [0.5, 0.6) is 0 Å². The number of terminal acetylenes is 1. The second-order valence-electron chi connectivity index (χ2n) is 1.60. The summed E-state index contributed by atoms with van der Waals surface area (Å²) in [5, 5.41) is 9.33. The fourth-order valence-electron chi connectivity index (χ4n) is 0. The highest BCUT2D eigenvalue weighted by Gasteiger charge is 2.00. The lowest BCUT2D eigenvalue weighted by Crippen LogP contribution is -2.10. The van der Waals surface area contributed by atoms with Gasteiger partial charge in [0.1, 0.15) is 0 Å². The van der Waals surface area contributed by atoms with E-state index in [0.717, 1.165) is 0 Å². The molecule has 0 spiro atoms. The molecule has 0 aromatic heterocycles. The zero-order chi connectivity index (χ0) is 24.7. The maximum absolute atomic E-state index is 9.33. The standard InChI is InChI=1S/C6H10.C4H10O/c1-5-6(2,3)4;1-4(2,3)5/h1H,2-4H3;5H,1-3H3/i2D3,3D3,4D3;1D3,2D3,3D3. The van der Waals surface area contributed by atoms with Crippen LogP contribution in [0.4, 0.5) is 0 Å². The molecule has 11 heavy (non-hydrogen) atoms. The van der Waals surface area contributed by atoms with E-state index in [1.807, 2.05) is 0 Å². The molecule has 0 aliphatic heterocycles. The van der Waals surface area contributed by atoms with Gasteiger partial charge in [0.05, 0.1) is 5.60 Å². The van der Waals surface area contributed by atoms with Crippen molar-refractivity contribution in [3.63, 3.8) is 0 Å². The second kappa shape index (κ2) is 4.41. The molecular weight excluding hydrogens is 136 g/mol. The second-order valence-corrected chi connectivity index (χ2v) is 1.60. The lowest BCUT2D eigenvalue weighted by molar-refractivity contribution is 0.102. The van der Waals surface area contributed by atoms with E-state index in [0.29, 0.717) is 0 Å². The third-order valence-electron chi connectivity index (χ3n) is 0.217. The SMILES string of the molecule is [2H]C([2H])([2H])C(C#C)(C([2H])([2H])[2H])C([2H])([2H])[2H].[2H]C([2H])([2H])C(O)(C([2H])([2H])[2H])C([2H])([2H])[2H]. The summed E-state index contributed by atoms with van der Waals surface area (Å²) in [6.07, 6.45) is 4.84. The van der Waals surface area contributed by atoms with Crippen molar-refractivity contribution in [2.45, 2.75) is 46.7 Å². The van der Waals surface area contributed by atoms with Crippen molar-refractivity contribution in [2.75, 3.05) is 0 Å². The van der Waals surface area contributed by atoms with Crippen LogP contribution < -0.4 is 0 Å². The van der Waals surface area contributed by atoms with Crippen LogP contribution in [0.15, 0.2) is 0 Å². The van der Waals surface area contributed by atoms with Crippen molar-refractivity contribution < 1.29 is 29.8 Å².